The van der Waals surface area contributed by atoms with Gasteiger partial charge in [0.2, 0.25) is 0 Å². The molecule has 1 aliphatic rings. The summed E-state index contributed by atoms with van der Waals surface area (Å²) in [5.74, 6) is -1.05. The molecular formula is C9H15N5O2. The van der Waals surface area contributed by atoms with E-state index < -0.39 is 5.97 Å². The molecule has 0 bridgehead atoms. The highest BCUT2D eigenvalue weighted by molar-refractivity contribution is 5.84. The molecule has 0 amide bonds. The zero-order chi connectivity index (χ0) is 11.5. The van der Waals surface area contributed by atoms with Gasteiger partial charge < -0.3 is 10.8 Å². The maximum absolute atomic E-state index is 10.6. The van der Waals surface area contributed by atoms with Crippen molar-refractivity contribution in [1.82, 2.24) is 19.9 Å². The molecule has 7 heteroatoms. The first-order chi connectivity index (χ1) is 7.65. The lowest BCUT2D eigenvalue weighted by molar-refractivity contribution is 0.0690. The number of carboxylic acid groups (broad SMARTS) is 1. The molecule has 1 aromatic heterocycles. The highest BCUT2D eigenvalue weighted by atomic mass is 16.4. The van der Waals surface area contributed by atoms with Crippen LogP contribution in [-0.4, -0.2) is 56.6 Å². The second-order valence-corrected chi connectivity index (χ2v) is 4.02. The molecule has 1 saturated heterocycles. The number of carboxylic acids is 1. The Kier molecular flexibility index (Phi) is 3.16. The molecule has 0 aromatic carbocycles. The Morgan fingerprint density at radius 3 is 3.00 bits per heavy atom. The van der Waals surface area contributed by atoms with Crippen molar-refractivity contribution < 1.29 is 9.90 Å². The van der Waals surface area contributed by atoms with E-state index in [0.29, 0.717) is 6.54 Å². The molecule has 88 valence electrons. The number of nitrogens with two attached hydrogens (primary N) is 1. The second kappa shape index (κ2) is 4.58. The van der Waals surface area contributed by atoms with E-state index in [1.54, 1.807) is 4.68 Å². The number of carbonyl (C=O) groups is 1. The fourth-order valence-electron chi connectivity index (χ4n) is 1.82. The molecule has 1 fully saturated rings. The molecule has 0 radical (unpaired) electrons. The predicted molar refractivity (Wildman–Crippen MR) is 56.0 cm³/mol. The van der Waals surface area contributed by atoms with Gasteiger partial charge >= 0.3 is 5.97 Å². The van der Waals surface area contributed by atoms with Crippen LogP contribution in [0.3, 0.4) is 0 Å². The summed E-state index contributed by atoms with van der Waals surface area (Å²) in [7, 11) is 0. The van der Waals surface area contributed by atoms with E-state index in [2.05, 4.69) is 15.2 Å². The van der Waals surface area contributed by atoms with Crippen LogP contribution < -0.4 is 5.73 Å². The summed E-state index contributed by atoms with van der Waals surface area (Å²) >= 11 is 0. The largest absolute Gasteiger partial charge is 0.476 e. The van der Waals surface area contributed by atoms with Crippen LogP contribution in [0.4, 0.5) is 0 Å². The van der Waals surface area contributed by atoms with Crippen LogP contribution in [0, 0.1) is 0 Å². The van der Waals surface area contributed by atoms with Gasteiger partial charge in [0, 0.05) is 19.1 Å². The lowest BCUT2D eigenvalue weighted by atomic mass is 10.3. The van der Waals surface area contributed by atoms with E-state index in [0.717, 1.165) is 26.1 Å². The Balaban J connectivity index is 1.83. The molecule has 1 aromatic rings. The lowest BCUT2D eigenvalue weighted by Crippen LogP contribution is -2.29. The van der Waals surface area contributed by atoms with Crippen molar-refractivity contribution in [3.63, 3.8) is 0 Å². The second-order valence-electron chi connectivity index (χ2n) is 4.02. The molecule has 2 heterocycles. The zero-order valence-electron chi connectivity index (χ0n) is 8.91. The topological polar surface area (TPSA) is 97.3 Å². The molecule has 2 rings (SSSR count). The van der Waals surface area contributed by atoms with Gasteiger partial charge in [-0.25, -0.2) is 4.79 Å². The first kappa shape index (κ1) is 11.0. The molecule has 1 aliphatic heterocycles. The van der Waals surface area contributed by atoms with Gasteiger partial charge in [-0.3, -0.25) is 9.58 Å². The highest BCUT2D eigenvalue weighted by Crippen LogP contribution is 2.06. The summed E-state index contributed by atoms with van der Waals surface area (Å²) in [6, 6.07) is 0.269. The molecule has 0 spiro atoms. The van der Waals surface area contributed by atoms with E-state index in [4.69, 9.17) is 10.8 Å². The van der Waals surface area contributed by atoms with Gasteiger partial charge in [0.15, 0.2) is 5.69 Å². The maximum atomic E-state index is 10.6. The Hall–Kier alpha value is -1.47. The monoisotopic (exact) mass is 225 g/mol. The quantitative estimate of drug-likeness (QED) is 0.682. The summed E-state index contributed by atoms with van der Waals surface area (Å²) in [5.41, 5.74) is 5.77. The third-order valence-electron chi connectivity index (χ3n) is 2.71. The van der Waals surface area contributed by atoms with Gasteiger partial charge in [0.25, 0.3) is 0 Å². The fraction of sp³-hybridized carbons (Fsp3) is 0.667. The zero-order valence-corrected chi connectivity index (χ0v) is 8.91. The number of rotatable bonds is 4. The van der Waals surface area contributed by atoms with E-state index in [1.165, 1.54) is 6.20 Å². The first-order valence-corrected chi connectivity index (χ1v) is 5.26. The van der Waals surface area contributed by atoms with Gasteiger partial charge in [-0.15, -0.1) is 5.10 Å². The van der Waals surface area contributed by atoms with Crippen LogP contribution in [0.1, 0.15) is 16.9 Å². The number of hydrogen-bond donors (Lipinski definition) is 2. The van der Waals surface area contributed by atoms with Gasteiger partial charge in [0.05, 0.1) is 12.7 Å². The Morgan fingerprint density at radius 1 is 1.62 bits per heavy atom. The summed E-state index contributed by atoms with van der Waals surface area (Å²) in [5, 5.41) is 16.0. The van der Waals surface area contributed by atoms with Crippen molar-refractivity contribution in [3.8, 4) is 0 Å². The van der Waals surface area contributed by atoms with Crippen molar-refractivity contribution >= 4 is 5.97 Å². The molecule has 1 unspecified atom stereocenters. The van der Waals surface area contributed by atoms with Crippen molar-refractivity contribution in [2.45, 2.75) is 19.0 Å². The summed E-state index contributed by atoms with van der Waals surface area (Å²) < 4.78 is 1.55. The molecule has 7 nitrogen and oxygen atoms in total. The summed E-state index contributed by atoms with van der Waals surface area (Å²) in [6.45, 7) is 3.38. The average Bonchev–Trinajstić information content (AvgIpc) is 2.83. The Labute approximate surface area is 92.8 Å². The maximum Gasteiger partial charge on any atom is 0.358 e. The van der Waals surface area contributed by atoms with Crippen LogP contribution in [0.2, 0.25) is 0 Å². The standard InChI is InChI=1S/C9H15N5O2/c10-7-1-2-13(5-7)3-4-14-6-8(9(15)16)11-12-14/h6-7H,1-5,10H2,(H,15,16). The summed E-state index contributed by atoms with van der Waals surface area (Å²) in [6.07, 6.45) is 2.47. The van der Waals surface area contributed by atoms with Gasteiger partial charge in [-0.2, -0.15) is 0 Å². The number of likely N-dealkylation sites (tertiary alicyclic amines) is 1. The van der Waals surface area contributed by atoms with Crippen LogP contribution in [0.25, 0.3) is 0 Å². The van der Waals surface area contributed by atoms with Crippen LogP contribution in [-0.2, 0) is 6.54 Å². The molecule has 3 N–H and O–H groups in total. The minimum absolute atomic E-state index is 0.0156. The Bertz CT molecular complexity index is 378. The van der Waals surface area contributed by atoms with E-state index in [1.807, 2.05) is 0 Å². The third-order valence-corrected chi connectivity index (χ3v) is 2.71. The van der Waals surface area contributed by atoms with Gasteiger partial charge in [-0.05, 0) is 13.0 Å². The Morgan fingerprint density at radius 2 is 2.44 bits per heavy atom. The van der Waals surface area contributed by atoms with E-state index in [-0.39, 0.29) is 11.7 Å². The lowest BCUT2D eigenvalue weighted by Gasteiger charge is -2.14. The molecular weight excluding hydrogens is 210 g/mol. The van der Waals surface area contributed by atoms with Crippen molar-refractivity contribution in [2.75, 3.05) is 19.6 Å². The van der Waals surface area contributed by atoms with Crippen LogP contribution in [0.5, 0.6) is 0 Å². The normalized spacial score (nSPS) is 21.4. The van der Waals surface area contributed by atoms with Gasteiger partial charge in [0.1, 0.15) is 0 Å². The molecule has 0 saturated carbocycles. The number of aromatic carboxylic acids is 1. The minimum atomic E-state index is -1.05. The van der Waals surface area contributed by atoms with Crippen molar-refractivity contribution in [1.29, 1.82) is 0 Å². The van der Waals surface area contributed by atoms with Gasteiger partial charge in [-0.1, -0.05) is 5.21 Å². The molecule has 16 heavy (non-hydrogen) atoms. The van der Waals surface area contributed by atoms with Crippen LogP contribution in [0.15, 0.2) is 6.20 Å². The predicted octanol–water partition coefficient (Wildman–Crippen LogP) is -0.991. The fourth-order valence-corrected chi connectivity index (χ4v) is 1.82. The van der Waals surface area contributed by atoms with Crippen molar-refractivity contribution in [2.24, 2.45) is 5.73 Å². The number of aromatic nitrogens is 3. The number of hydrogen-bond acceptors (Lipinski definition) is 5. The third kappa shape index (κ3) is 2.56. The van der Waals surface area contributed by atoms with E-state index >= 15 is 0 Å². The highest BCUT2D eigenvalue weighted by Gasteiger charge is 2.18. The smallest absolute Gasteiger partial charge is 0.358 e. The van der Waals surface area contributed by atoms with Crippen LogP contribution >= 0.6 is 0 Å². The molecule has 0 aliphatic carbocycles. The minimum Gasteiger partial charge on any atom is -0.476 e. The SMILES string of the molecule is NC1CCN(CCn2cc(C(=O)O)nn2)C1. The van der Waals surface area contributed by atoms with Crippen molar-refractivity contribution in [3.05, 3.63) is 11.9 Å². The first-order valence-electron chi connectivity index (χ1n) is 5.26. The average molecular weight is 225 g/mol. The number of nitrogens with zero attached hydrogens (tertiary/aromatic N) is 4. The molecule has 1 atom stereocenters. The van der Waals surface area contributed by atoms with E-state index in [9.17, 15) is 4.79 Å². The summed E-state index contributed by atoms with van der Waals surface area (Å²) in [4.78, 5) is 12.8.